The van der Waals surface area contributed by atoms with Gasteiger partial charge >= 0.3 is 0 Å². The van der Waals surface area contributed by atoms with Gasteiger partial charge in [0.2, 0.25) is 5.91 Å². The minimum atomic E-state index is 0.0798. The number of carbonyl (C=O) groups excluding carboxylic acids is 2. The lowest BCUT2D eigenvalue weighted by molar-refractivity contribution is -0.122. The fourth-order valence-electron chi connectivity index (χ4n) is 3.26. The van der Waals surface area contributed by atoms with Gasteiger partial charge < -0.3 is 10.2 Å². The van der Waals surface area contributed by atoms with Gasteiger partial charge in [0.1, 0.15) is 0 Å². The van der Waals surface area contributed by atoms with E-state index in [4.69, 9.17) is 0 Å². The van der Waals surface area contributed by atoms with E-state index in [1.807, 2.05) is 35.2 Å². The highest BCUT2D eigenvalue weighted by atomic mass is 16.2. The van der Waals surface area contributed by atoms with E-state index in [0.717, 1.165) is 31.5 Å². The molecule has 124 valence electrons. The van der Waals surface area contributed by atoms with Crippen LogP contribution in [0.3, 0.4) is 0 Å². The van der Waals surface area contributed by atoms with Gasteiger partial charge in [-0.15, -0.1) is 6.58 Å². The van der Waals surface area contributed by atoms with Crippen molar-refractivity contribution in [2.45, 2.75) is 26.2 Å². The summed E-state index contributed by atoms with van der Waals surface area (Å²) in [6, 6.07) is 9.42. The van der Waals surface area contributed by atoms with Crippen molar-refractivity contribution < 1.29 is 9.59 Å². The summed E-state index contributed by atoms with van der Waals surface area (Å²) in [5, 5.41) is 2.85. The maximum absolute atomic E-state index is 12.6. The first-order valence-electron chi connectivity index (χ1n) is 8.37. The number of likely N-dealkylation sites (tertiary alicyclic amines) is 1. The largest absolute Gasteiger partial charge is 0.353 e. The van der Waals surface area contributed by atoms with Gasteiger partial charge in [-0.25, -0.2) is 0 Å². The van der Waals surface area contributed by atoms with Crippen LogP contribution in [0.15, 0.2) is 43.0 Å². The molecule has 0 bridgehead atoms. The third kappa shape index (κ3) is 4.68. The lowest BCUT2D eigenvalue weighted by atomic mass is 9.81. The first-order valence-corrected chi connectivity index (χ1v) is 8.37. The van der Waals surface area contributed by atoms with Crippen LogP contribution in [0.2, 0.25) is 0 Å². The molecule has 1 aromatic carbocycles. The molecule has 0 radical (unpaired) electrons. The summed E-state index contributed by atoms with van der Waals surface area (Å²) in [6.45, 7) is 7.72. The molecule has 0 spiro atoms. The number of hydrogen-bond donors (Lipinski definition) is 1. The van der Waals surface area contributed by atoms with E-state index in [2.05, 4.69) is 18.8 Å². The van der Waals surface area contributed by atoms with Crippen molar-refractivity contribution >= 4 is 11.8 Å². The number of nitrogens with zero attached hydrogens (tertiary/aromatic N) is 1. The van der Waals surface area contributed by atoms with Gasteiger partial charge in [-0.1, -0.05) is 37.6 Å². The Labute approximate surface area is 138 Å². The van der Waals surface area contributed by atoms with Crippen LogP contribution in [-0.2, 0) is 4.79 Å². The van der Waals surface area contributed by atoms with E-state index in [-0.39, 0.29) is 11.8 Å². The molecule has 1 aliphatic rings. The molecule has 2 rings (SSSR count). The Kier molecular flexibility index (Phi) is 6.39. The number of carbonyl (C=O) groups is 2. The molecule has 2 amide bonds. The molecule has 0 aromatic heterocycles. The molecule has 23 heavy (non-hydrogen) atoms. The maximum atomic E-state index is 12.6. The van der Waals surface area contributed by atoms with Crippen LogP contribution in [-0.4, -0.2) is 36.3 Å². The van der Waals surface area contributed by atoms with Gasteiger partial charge in [0, 0.05) is 31.6 Å². The van der Waals surface area contributed by atoms with Crippen molar-refractivity contribution in [1.82, 2.24) is 10.2 Å². The normalized spacial score (nSPS) is 20.8. The lowest BCUT2D eigenvalue weighted by Gasteiger charge is -2.38. The van der Waals surface area contributed by atoms with Gasteiger partial charge in [0.15, 0.2) is 0 Å². The predicted octanol–water partition coefficient (Wildman–Crippen LogP) is 2.87. The summed E-state index contributed by atoms with van der Waals surface area (Å²) in [7, 11) is 0. The van der Waals surface area contributed by atoms with Crippen molar-refractivity contribution in [2.24, 2.45) is 11.8 Å². The number of piperidine rings is 1. The summed E-state index contributed by atoms with van der Waals surface area (Å²) in [5.74, 6) is 0.908. The Morgan fingerprint density at radius 2 is 2.04 bits per heavy atom. The fourth-order valence-corrected chi connectivity index (χ4v) is 3.26. The highest BCUT2D eigenvalue weighted by Gasteiger charge is 2.31. The Balaban J connectivity index is 1.94. The zero-order valence-corrected chi connectivity index (χ0v) is 13.8. The quantitative estimate of drug-likeness (QED) is 0.821. The molecule has 4 heteroatoms. The van der Waals surface area contributed by atoms with Crippen molar-refractivity contribution in [3.8, 4) is 0 Å². The molecular weight excluding hydrogens is 288 g/mol. The van der Waals surface area contributed by atoms with Crippen molar-refractivity contribution in [2.75, 3.05) is 19.6 Å². The predicted molar refractivity (Wildman–Crippen MR) is 92.1 cm³/mol. The molecule has 1 fully saturated rings. The van der Waals surface area contributed by atoms with E-state index in [9.17, 15) is 9.59 Å². The van der Waals surface area contributed by atoms with E-state index >= 15 is 0 Å². The summed E-state index contributed by atoms with van der Waals surface area (Å²) < 4.78 is 0. The van der Waals surface area contributed by atoms with Crippen LogP contribution in [0.4, 0.5) is 0 Å². The number of nitrogens with one attached hydrogen (secondary N) is 1. The van der Waals surface area contributed by atoms with Crippen LogP contribution in [0.25, 0.3) is 0 Å². The lowest BCUT2D eigenvalue weighted by Crippen LogP contribution is -2.44. The van der Waals surface area contributed by atoms with Crippen LogP contribution < -0.4 is 5.32 Å². The molecule has 1 N–H and O–H groups in total. The maximum Gasteiger partial charge on any atom is 0.253 e. The minimum Gasteiger partial charge on any atom is -0.353 e. The fraction of sp³-hybridized carbons (Fsp3) is 0.474. The number of amides is 2. The molecule has 0 saturated carbocycles. The average molecular weight is 314 g/mol. The molecule has 4 nitrogen and oxygen atoms in total. The molecule has 1 saturated heterocycles. The van der Waals surface area contributed by atoms with E-state index in [0.29, 0.717) is 24.8 Å². The number of rotatable bonds is 6. The van der Waals surface area contributed by atoms with E-state index in [1.165, 1.54) is 0 Å². The second kappa shape index (κ2) is 8.51. The molecule has 1 heterocycles. The molecule has 0 unspecified atom stereocenters. The van der Waals surface area contributed by atoms with Gasteiger partial charge in [-0.05, 0) is 30.4 Å². The second-order valence-electron chi connectivity index (χ2n) is 6.13. The molecular formula is C19H26N2O2. The topological polar surface area (TPSA) is 49.4 Å². The Morgan fingerprint density at radius 3 is 2.70 bits per heavy atom. The van der Waals surface area contributed by atoms with Crippen LogP contribution in [0, 0.1) is 11.8 Å². The zero-order chi connectivity index (χ0) is 16.7. The average Bonchev–Trinajstić information content (AvgIpc) is 2.60. The molecule has 1 aliphatic heterocycles. The van der Waals surface area contributed by atoms with E-state index in [1.54, 1.807) is 6.08 Å². The highest BCUT2D eigenvalue weighted by molar-refractivity contribution is 5.94. The van der Waals surface area contributed by atoms with E-state index < -0.39 is 0 Å². The Hall–Kier alpha value is -2.10. The van der Waals surface area contributed by atoms with Crippen LogP contribution in [0.1, 0.15) is 36.5 Å². The first kappa shape index (κ1) is 17.3. The number of benzene rings is 1. The van der Waals surface area contributed by atoms with Gasteiger partial charge in [0.25, 0.3) is 5.91 Å². The van der Waals surface area contributed by atoms with Gasteiger partial charge in [0.05, 0.1) is 0 Å². The SMILES string of the molecule is C=CCNC(=O)C[C@@H]1CCN(C(=O)c2ccccc2)C[C@H]1CC. The van der Waals surface area contributed by atoms with Crippen molar-refractivity contribution in [3.63, 3.8) is 0 Å². The highest BCUT2D eigenvalue weighted by Crippen LogP contribution is 2.29. The molecule has 1 aromatic rings. The summed E-state index contributed by atoms with van der Waals surface area (Å²) in [5.41, 5.74) is 0.740. The minimum absolute atomic E-state index is 0.0798. The zero-order valence-electron chi connectivity index (χ0n) is 13.8. The first-order chi connectivity index (χ1) is 11.2. The summed E-state index contributed by atoms with van der Waals surface area (Å²) in [6.07, 6.45) is 4.10. The van der Waals surface area contributed by atoms with Crippen molar-refractivity contribution in [3.05, 3.63) is 48.6 Å². The molecule has 2 atom stereocenters. The van der Waals surface area contributed by atoms with Gasteiger partial charge in [-0.3, -0.25) is 9.59 Å². The third-order valence-electron chi connectivity index (χ3n) is 4.61. The van der Waals surface area contributed by atoms with Crippen LogP contribution >= 0.6 is 0 Å². The molecule has 0 aliphatic carbocycles. The monoisotopic (exact) mass is 314 g/mol. The second-order valence-corrected chi connectivity index (χ2v) is 6.13. The number of hydrogen-bond acceptors (Lipinski definition) is 2. The Bertz CT molecular complexity index is 542. The van der Waals surface area contributed by atoms with Crippen molar-refractivity contribution in [1.29, 1.82) is 0 Å². The summed E-state index contributed by atoms with van der Waals surface area (Å²) in [4.78, 5) is 26.4. The summed E-state index contributed by atoms with van der Waals surface area (Å²) >= 11 is 0. The van der Waals surface area contributed by atoms with Crippen LogP contribution in [0.5, 0.6) is 0 Å². The van der Waals surface area contributed by atoms with Gasteiger partial charge in [-0.2, -0.15) is 0 Å². The smallest absolute Gasteiger partial charge is 0.253 e. The standard InChI is InChI=1S/C19H26N2O2/c1-3-11-20-18(22)13-17-10-12-21(14-15(17)4-2)19(23)16-8-6-5-7-9-16/h3,5-9,15,17H,1,4,10-14H2,2H3,(H,20,22)/t15-,17+/m1/s1. The third-order valence-corrected chi connectivity index (χ3v) is 4.61. The Morgan fingerprint density at radius 1 is 1.30 bits per heavy atom.